The van der Waals surface area contributed by atoms with Gasteiger partial charge in [0.25, 0.3) is 5.56 Å². The lowest BCUT2D eigenvalue weighted by molar-refractivity contribution is 0.819. The highest BCUT2D eigenvalue weighted by Crippen LogP contribution is 2.30. The number of benzene rings is 2. The standard InChI is InChI=1S/C21H14BrN3OS/c22-17(11-15-7-3-1-4-8-15)12-24-25-14-23-20-19(21(25)26)18(13-27-20)16-9-5-2-6-10-16/h1-14H/b17-11-,24-12+. The molecule has 4 nitrogen and oxygen atoms in total. The Kier molecular flexibility index (Phi) is 5.09. The van der Waals surface area contributed by atoms with Crippen molar-refractivity contribution in [3.8, 4) is 11.1 Å². The maximum absolute atomic E-state index is 12.9. The first-order valence-electron chi connectivity index (χ1n) is 8.23. The van der Waals surface area contributed by atoms with Crippen LogP contribution in [0.15, 0.2) is 86.7 Å². The second kappa shape index (κ2) is 7.82. The predicted molar refractivity (Wildman–Crippen MR) is 117 cm³/mol. The molecule has 2 aromatic carbocycles. The van der Waals surface area contributed by atoms with Crippen molar-refractivity contribution in [1.29, 1.82) is 0 Å². The Hall–Kier alpha value is -2.83. The minimum absolute atomic E-state index is 0.184. The van der Waals surface area contributed by atoms with E-state index in [2.05, 4.69) is 26.0 Å². The van der Waals surface area contributed by atoms with Crippen LogP contribution in [-0.4, -0.2) is 15.9 Å². The molecule has 0 N–H and O–H groups in total. The average molecular weight is 436 g/mol. The summed E-state index contributed by atoms with van der Waals surface area (Å²) in [4.78, 5) is 18.0. The van der Waals surface area contributed by atoms with Crippen LogP contribution in [-0.2, 0) is 0 Å². The van der Waals surface area contributed by atoms with E-state index in [1.807, 2.05) is 72.1 Å². The number of aromatic nitrogens is 2. The molecule has 2 heterocycles. The van der Waals surface area contributed by atoms with Gasteiger partial charge in [0, 0.05) is 15.4 Å². The number of allylic oxidation sites excluding steroid dienone is 1. The second-order valence-electron chi connectivity index (χ2n) is 5.77. The first-order valence-corrected chi connectivity index (χ1v) is 9.90. The summed E-state index contributed by atoms with van der Waals surface area (Å²) in [5.74, 6) is 0. The fourth-order valence-corrected chi connectivity index (χ4v) is 3.96. The summed E-state index contributed by atoms with van der Waals surface area (Å²) >= 11 is 4.93. The van der Waals surface area contributed by atoms with E-state index in [9.17, 15) is 4.79 Å². The zero-order chi connectivity index (χ0) is 18.6. The third kappa shape index (κ3) is 3.82. The summed E-state index contributed by atoms with van der Waals surface area (Å²) in [6, 6.07) is 19.7. The molecule has 4 aromatic rings. The van der Waals surface area contributed by atoms with Crippen molar-refractivity contribution < 1.29 is 0 Å². The molecule has 27 heavy (non-hydrogen) atoms. The Bertz CT molecular complexity index is 1190. The van der Waals surface area contributed by atoms with Gasteiger partial charge in [-0.2, -0.15) is 9.78 Å². The molecule has 0 spiro atoms. The molecule has 0 atom stereocenters. The molecule has 0 aliphatic rings. The molecule has 0 saturated carbocycles. The number of hydrogen-bond acceptors (Lipinski definition) is 4. The Morgan fingerprint density at radius 2 is 1.78 bits per heavy atom. The number of nitrogens with zero attached hydrogens (tertiary/aromatic N) is 3. The van der Waals surface area contributed by atoms with Crippen LogP contribution in [0.4, 0.5) is 0 Å². The lowest BCUT2D eigenvalue weighted by Gasteiger charge is -2.01. The van der Waals surface area contributed by atoms with Gasteiger partial charge in [-0.1, -0.05) is 60.7 Å². The number of halogens is 1. The summed E-state index contributed by atoms with van der Waals surface area (Å²) in [6.45, 7) is 0. The highest BCUT2D eigenvalue weighted by molar-refractivity contribution is 9.12. The van der Waals surface area contributed by atoms with Crippen molar-refractivity contribution >= 4 is 49.8 Å². The predicted octanol–water partition coefficient (Wildman–Crippen LogP) is 5.39. The SMILES string of the molecule is O=c1c2c(-c3ccccc3)csc2ncn1/N=C/C(Br)=C/c1ccccc1. The molecule has 0 fully saturated rings. The first-order chi connectivity index (χ1) is 13.2. The van der Waals surface area contributed by atoms with Crippen molar-refractivity contribution in [3.05, 3.63) is 92.8 Å². The lowest BCUT2D eigenvalue weighted by atomic mass is 10.1. The zero-order valence-electron chi connectivity index (χ0n) is 14.1. The number of hydrogen-bond donors (Lipinski definition) is 0. The maximum atomic E-state index is 12.9. The fourth-order valence-electron chi connectivity index (χ4n) is 2.70. The van der Waals surface area contributed by atoms with Gasteiger partial charge in [0.05, 0.1) is 11.6 Å². The molecule has 0 bridgehead atoms. The summed E-state index contributed by atoms with van der Waals surface area (Å²) in [6.07, 6.45) is 4.98. The molecular weight excluding hydrogens is 422 g/mol. The van der Waals surface area contributed by atoms with Crippen LogP contribution in [0.1, 0.15) is 5.56 Å². The van der Waals surface area contributed by atoms with Crippen LogP contribution in [0.3, 0.4) is 0 Å². The zero-order valence-corrected chi connectivity index (χ0v) is 16.5. The molecule has 4 rings (SSSR count). The van der Waals surface area contributed by atoms with Crippen molar-refractivity contribution in [1.82, 2.24) is 9.66 Å². The van der Waals surface area contributed by atoms with Crippen molar-refractivity contribution in [2.24, 2.45) is 5.10 Å². The van der Waals surface area contributed by atoms with Crippen molar-refractivity contribution in [3.63, 3.8) is 0 Å². The molecule has 132 valence electrons. The van der Waals surface area contributed by atoms with Crippen LogP contribution >= 0.6 is 27.3 Å². The van der Waals surface area contributed by atoms with Crippen LogP contribution in [0.25, 0.3) is 27.4 Å². The quantitative estimate of drug-likeness (QED) is 0.403. The topological polar surface area (TPSA) is 47.2 Å². The van der Waals surface area contributed by atoms with Crippen LogP contribution in [0.2, 0.25) is 0 Å². The Morgan fingerprint density at radius 3 is 2.52 bits per heavy atom. The molecule has 0 saturated heterocycles. The van der Waals surface area contributed by atoms with Gasteiger partial charge in [-0.25, -0.2) is 4.98 Å². The fraction of sp³-hybridized carbons (Fsp3) is 0. The number of rotatable bonds is 4. The maximum Gasteiger partial charge on any atom is 0.283 e. The van der Waals surface area contributed by atoms with Gasteiger partial charge in [0.1, 0.15) is 11.2 Å². The van der Waals surface area contributed by atoms with Gasteiger partial charge in [-0.05, 0) is 33.1 Å². The highest BCUT2D eigenvalue weighted by Gasteiger charge is 2.12. The van der Waals surface area contributed by atoms with E-state index < -0.39 is 0 Å². The van der Waals surface area contributed by atoms with E-state index in [1.54, 1.807) is 6.21 Å². The average Bonchev–Trinajstić information content (AvgIpc) is 3.14. The van der Waals surface area contributed by atoms with E-state index in [4.69, 9.17) is 0 Å². The minimum atomic E-state index is -0.184. The first kappa shape index (κ1) is 17.6. The van der Waals surface area contributed by atoms with Crippen LogP contribution in [0.5, 0.6) is 0 Å². The smallest absolute Gasteiger partial charge is 0.267 e. The summed E-state index contributed by atoms with van der Waals surface area (Å²) < 4.78 is 2.02. The van der Waals surface area contributed by atoms with Crippen LogP contribution < -0.4 is 5.56 Å². The molecule has 0 amide bonds. The normalized spacial score (nSPS) is 12.1. The van der Waals surface area contributed by atoms with Gasteiger partial charge in [-0.15, -0.1) is 11.3 Å². The molecule has 0 aliphatic carbocycles. The Labute approximate surface area is 168 Å². The van der Waals surface area contributed by atoms with Gasteiger partial charge in [0.2, 0.25) is 0 Å². The molecule has 0 radical (unpaired) electrons. The van der Waals surface area contributed by atoms with E-state index in [0.717, 1.165) is 21.2 Å². The van der Waals surface area contributed by atoms with Crippen molar-refractivity contribution in [2.45, 2.75) is 0 Å². The third-order valence-electron chi connectivity index (χ3n) is 3.97. The van der Waals surface area contributed by atoms with Crippen LogP contribution in [0, 0.1) is 0 Å². The minimum Gasteiger partial charge on any atom is -0.267 e. The molecular formula is C21H14BrN3OS. The van der Waals surface area contributed by atoms with E-state index in [-0.39, 0.29) is 5.56 Å². The summed E-state index contributed by atoms with van der Waals surface area (Å²) in [5, 5.41) is 6.83. The summed E-state index contributed by atoms with van der Waals surface area (Å²) in [7, 11) is 0. The Morgan fingerprint density at radius 1 is 1.07 bits per heavy atom. The second-order valence-corrected chi connectivity index (χ2v) is 7.55. The molecule has 0 aliphatic heterocycles. The van der Waals surface area contributed by atoms with E-state index >= 15 is 0 Å². The van der Waals surface area contributed by atoms with Gasteiger partial charge in [-0.3, -0.25) is 4.79 Å². The van der Waals surface area contributed by atoms with E-state index in [0.29, 0.717) is 10.2 Å². The number of thiophene rings is 1. The van der Waals surface area contributed by atoms with Gasteiger partial charge in [0.15, 0.2) is 0 Å². The van der Waals surface area contributed by atoms with Crippen molar-refractivity contribution in [2.75, 3.05) is 0 Å². The molecule has 6 heteroatoms. The largest absolute Gasteiger partial charge is 0.283 e. The molecule has 0 unspecified atom stereocenters. The third-order valence-corrected chi connectivity index (χ3v) is 5.29. The highest BCUT2D eigenvalue weighted by atomic mass is 79.9. The van der Waals surface area contributed by atoms with Gasteiger partial charge >= 0.3 is 0 Å². The molecule has 2 aromatic heterocycles. The monoisotopic (exact) mass is 435 g/mol. The number of fused-ring (bicyclic) bond motifs is 1. The Balaban J connectivity index is 1.72. The summed E-state index contributed by atoms with van der Waals surface area (Å²) in [5.41, 5.74) is 2.74. The van der Waals surface area contributed by atoms with Gasteiger partial charge < -0.3 is 0 Å². The van der Waals surface area contributed by atoms with E-state index in [1.165, 1.54) is 22.3 Å². The lowest BCUT2D eigenvalue weighted by Crippen LogP contribution is -2.16.